The molecule has 0 bridgehead atoms. The van der Waals surface area contributed by atoms with Gasteiger partial charge in [0.25, 0.3) is 0 Å². The van der Waals surface area contributed by atoms with Gasteiger partial charge in [-0.3, -0.25) is 0 Å². The quantitative estimate of drug-likeness (QED) is 0.791. The summed E-state index contributed by atoms with van der Waals surface area (Å²) < 4.78 is 16.5. The average molecular weight is 243 g/mol. The van der Waals surface area contributed by atoms with Gasteiger partial charge in [-0.25, -0.2) is 0 Å². The summed E-state index contributed by atoms with van der Waals surface area (Å²) in [4.78, 5) is 0. The van der Waals surface area contributed by atoms with Gasteiger partial charge in [0.1, 0.15) is 5.60 Å². The summed E-state index contributed by atoms with van der Waals surface area (Å²) in [6, 6.07) is 0.571. The second-order valence-corrected chi connectivity index (χ2v) is 5.29. The van der Waals surface area contributed by atoms with Gasteiger partial charge in [0.05, 0.1) is 12.7 Å². The molecule has 0 amide bonds. The Kier molecular flexibility index (Phi) is 4.79. The maximum atomic E-state index is 5.62. The minimum Gasteiger partial charge on any atom is -0.381 e. The van der Waals surface area contributed by atoms with Crippen LogP contribution in [0.3, 0.4) is 0 Å². The largest absolute Gasteiger partial charge is 0.381 e. The van der Waals surface area contributed by atoms with Crippen molar-refractivity contribution in [2.24, 2.45) is 0 Å². The first kappa shape index (κ1) is 13.3. The molecular formula is C13H25NO3. The monoisotopic (exact) mass is 243 g/mol. The third-order valence-corrected chi connectivity index (χ3v) is 4.17. The maximum absolute atomic E-state index is 5.62. The van der Waals surface area contributed by atoms with Crippen molar-refractivity contribution >= 4 is 0 Å². The van der Waals surface area contributed by atoms with E-state index in [4.69, 9.17) is 14.2 Å². The average Bonchev–Trinajstić information content (AvgIpc) is 2.86. The highest BCUT2D eigenvalue weighted by molar-refractivity contribution is 4.89. The Morgan fingerprint density at radius 2 is 2.24 bits per heavy atom. The molecule has 1 saturated heterocycles. The fourth-order valence-corrected chi connectivity index (χ4v) is 2.84. The predicted octanol–water partition coefficient (Wildman–Crippen LogP) is 1.34. The lowest BCUT2D eigenvalue weighted by molar-refractivity contribution is -0.0208. The molecule has 3 unspecified atom stereocenters. The highest BCUT2D eigenvalue weighted by Crippen LogP contribution is 2.24. The summed E-state index contributed by atoms with van der Waals surface area (Å²) >= 11 is 0. The van der Waals surface area contributed by atoms with Gasteiger partial charge in [-0.1, -0.05) is 0 Å². The zero-order valence-electron chi connectivity index (χ0n) is 11.0. The molecule has 1 saturated carbocycles. The summed E-state index contributed by atoms with van der Waals surface area (Å²) in [5.74, 6) is 0. The van der Waals surface area contributed by atoms with Crippen molar-refractivity contribution in [3.8, 4) is 0 Å². The van der Waals surface area contributed by atoms with Crippen LogP contribution in [-0.2, 0) is 14.2 Å². The molecule has 4 heteroatoms. The van der Waals surface area contributed by atoms with E-state index < -0.39 is 0 Å². The van der Waals surface area contributed by atoms with Crippen LogP contribution >= 0.6 is 0 Å². The van der Waals surface area contributed by atoms with Crippen molar-refractivity contribution in [3.05, 3.63) is 0 Å². The van der Waals surface area contributed by atoms with Crippen LogP contribution in [0, 0.1) is 0 Å². The standard InChI is InChI=1S/C13H25NO3/c1-15-12-5-3-4-11(8-12)14-9-13(16-2)6-7-17-10-13/h11-12,14H,3-10H2,1-2H3. The summed E-state index contributed by atoms with van der Waals surface area (Å²) in [6.07, 6.45) is 6.26. The molecule has 3 atom stereocenters. The van der Waals surface area contributed by atoms with Crippen LogP contribution < -0.4 is 5.32 Å². The first-order chi connectivity index (χ1) is 8.28. The predicted molar refractivity (Wildman–Crippen MR) is 66.2 cm³/mol. The molecule has 4 nitrogen and oxygen atoms in total. The van der Waals surface area contributed by atoms with Crippen LogP contribution in [0.1, 0.15) is 32.1 Å². The van der Waals surface area contributed by atoms with Gasteiger partial charge in [0.2, 0.25) is 0 Å². The molecule has 100 valence electrons. The van der Waals surface area contributed by atoms with E-state index in [0.717, 1.165) is 32.6 Å². The van der Waals surface area contributed by atoms with E-state index in [0.29, 0.717) is 12.1 Å². The van der Waals surface area contributed by atoms with Gasteiger partial charge < -0.3 is 19.5 Å². The van der Waals surface area contributed by atoms with Crippen molar-refractivity contribution in [2.45, 2.75) is 49.9 Å². The van der Waals surface area contributed by atoms with E-state index in [1.165, 1.54) is 19.3 Å². The second kappa shape index (κ2) is 6.14. The molecule has 1 aliphatic heterocycles. The zero-order chi connectivity index (χ0) is 12.1. The van der Waals surface area contributed by atoms with Crippen molar-refractivity contribution in [1.82, 2.24) is 5.32 Å². The molecule has 0 spiro atoms. The summed E-state index contributed by atoms with van der Waals surface area (Å²) in [6.45, 7) is 2.43. The molecule has 17 heavy (non-hydrogen) atoms. The van der Waals surface area contributed by atoms with Crippen LogP contribution in [0.5, 0.6) is 0 Å². The van der Waals surface area contributed by atoms with Gasteiger partial charge in [-0.2, -0.15) is 0 Å². The molecule has 2 aliphatic rings. The van der Waals surface area contributed by atoms with E-state index in [2.05, 4.69) is 5.32 Å². The SMILES string of the molecule is COC1CCCC(NCC2(OC)CCOC2)C1. The van der Waals surface area contributed by atoms with Crippen molar-refractivity contribution in [2.75, 3.05) is 34.0 Å². The number of hydrogen-bond donors (Lipinski definition) is 1. The Hall–Kier alpha value is -0.160. The zero-order valence-corrected chi connectivity index (χ0v) is 11.0. The Morgan fingerprint density at radius 1 is 1.35 bits per heavy atom. The lowest BCUT2D eigenvalue weighted by Crippen LogP contribution is -2.48. The van der Waals surface area contributed by atoms with E-state index in [-0.39, 0.29) is 5.60 Å². The van der Waals surface area contributed by atoms with E-state index >= 15 is 0 Å². The fraction of sp³-hybridized carbons (Fsp3) is 1.00. The van der Waals surface area contributed by atoms with Gasteiger partial charge in [-0.15, -0.1) is 0 Å². The number of methoxy groups -OCH3 is 2. The molecular weight excluding hydrogens is 218 g/mol. The second-order valence-electron chi connectivity index (χ2n) is 5.29. The molecule has 0 aromatic carbocycles. The first-order valence-corrected chi connectivity index (χ1v) is 6.67. The maximum Gasteiger partial charge on any atom is 0.106 e. The van der Waals surface area contributed by atoms with Gasteiger partial charge in [0.15, 0.2) is 0 Å². The third kappa shape index (κ3) is 3.41. The third-order valence-electron chi connectivity index (χ3n) is 4.17. The number of nitrogens with one attached hydrogen (secondary N) is 1. The summed E-state index contributed by atoms with van der Waals surface area (Å²) in [5, 5.41) is 3.63. The Balaban J connectivity index is 1.76. The first-order valence-electron chi connectivity index (χ1n) is 6.67. The van der Waals surface area contributed by atoms with Crippen LogP contribution in [0.4, 0.5) is 0 Å². The highest BCUT2D eigenvalue weighted by Gasteiger charge is 2.35. The van der Waals surface area contributed by atoms with Crippen LogP contribution in [-0.4, -0.2) is 51.7 Å². The van der Waals surface area contributed by atoms with Gasteiger partial charge in [-0.05, 0) is 25.7 Å². The minimum absolute atomic E-state index is 0.0972. The lowest BCUT2D eigenvalue weighted by Gasteiger charge is -2.33. The molecule has 1 aliphatic carbocycles. The van der Waals surface area contributed by atoms with Gasteiger partial charge in [0, 0.05) is 39.8 Å². The molecule has 1 N–H and O–H groups in total. The van der Waals surface area contributed by atoms with Crippen LogP contribution in [0.25, 0.3) is 0 Å². The molecule has 0 aromatic rings. The molecule has 2 rings (SSSR count). The van der Waals surface area contributed by atoms with E-state index in [1.54, 1.807) is 7.11 Å². The Labute approximate surface area is 104 Å². The molecule has 1 heterocycles. The highest BCUT2D eigenvalue weighted by atomic mass is 16.5. The van der Waals surface area contributed by atoms with Crippen molar-refractivity contribution in [3.63, 3.8) is 0 Å². The van der Waals surface area contributed by atoms with Gasteiger partial charge >= 0.3 is 0 Å². The van der Waals surface area contributed by atoms with E-state index in [1.807, 2.05) is 7.11 Å². The molecule has 0 radical (unpaired) electrons. The van der Waals surface area contributed by atoms with Crippen LogP contribution in [0.2, 0.25) is 0 Å². The van der Waals surface area contributed by atoms with E-state index in [9.17, 15) is 0 Å². The van der Waals surface area contributed by atoms with Crippen molar-refractivity contribution < 1.29 is 14.2 Å². The minimum atomic E-state index is -0.0972. The molecule has 0 aromatic heterocycles. The molecule has 2 fully saturated rings. The lowest BCUT2D eigenvalue weighted by atomic mass is 9.92. The number of hydrogen-bond acceptors (Lipinski definition) is 4. The normalized spacial score (nSPS) is 38.5. The fourth-order valence-electron chi connectivity index (χ4n) is 2.84. The topological polar surface area (TPSA) is 39.7 Å². The Morgan fingerprint density at radius 3 is 2.88 bits per heavy atom. The van der Waals surface area contributed by atoms with Crippen LogP contribution in [0.15, 0.2) is 0 Å². The summed E-state index contributed by atoms with van der Waals surface area (Å²) in [5.41, 5.74) is -0.0972. The Bertz CT molecular complexity index is 229. The number of ether oxygens (including phenoxy) is 3. The van der Waals surface area contributed by atoms with Crippen molar-refractivity contribution in [1.29, 1.82) is 0 Å². The smallest absolute Gasteiger partial charge is 0.106 e. The summed E-state index contributed by atoms with van der Waals surface area (Å²) in [7, 11) is 3.60. The number of rotatable bonds is 5.